The van der Waals surface area contributed by atoms with Gasteiger partial charge in [0.15, 0.2) is 0 Å². The minimum Gasteiger partial charge on any atom is -0.353 e. The van der Waals surface area contributed by atoms with E-state index in [2.05, 4.69) is 5.32 Å². The second kappa shape index (κ2) is 6.33. The van der Waals surface area contributed by atoms with Crippen LogP contribution >= 0.6 is 0 Å². The van der Waals surface area contributed by atoms with E-state index in [0.29, 0.717) is 19.5 Å². The maximum absolute atomic E-state index is 12.1. The van der Waals surface area contributed by atoms with Crippen molar-refractivity contribution in [1.29, 1.82) is 0 Å². The summed E-state index contributed by atoms with van der Waals surface area (Å²) in [7, 11) is 0. The zero-order valence-corrected chi connectivity index (χ0v) is 10.8. The van der Waals surface area contributed by atoms with Gasteiger partial charge >= 0.3 is 0 Å². The number of carbonyl (C=O) groups excluding carboxylic acids is 2. The molecule has 1 aromatic carbocycles. The lowest BCUT2D eigenvalue weighted by atomic mass is 10.0. The van der Waals surface area contributed by atoms with Crippen molar-refractivity contribution in [2.24, 2.45) is 5.73 Å². The molecule has 1 aliphatic heterocycles. The van der Waals surface area contributed by atoms with Crippen LogP contribution in [0.1, 0.15) is 12.0 Å². The van der Waals surface area contributed by atoms with Crippen molar-refractivity contribution in [3.63, 3.8) is 0 Å². The highest BCUT2D eigenvalue weighted by Crippen LogP contribution is 2.06. The molecule has 1 atom stereocenters. The summed E-state index contributed by atoms with van der Waals surface area (Å²) in [5, 5.41) is 2.69. The van der Waals surface area contributed by atoms with Gasteiger partial charge in [-0.1, -0.05) is 30.3 Å². The molecule has 0 aliphatic carbocycles. The van der Waals surface area contributed by atoms with Crippen molar-refractivity contribution in [3.05, 3.63) is 35.9 Å². The van der Waals surface area contributed by atoms with E-state index >= 15 is 0 Å². The fraction of sp³-hybridized carbons (Fsp3) is 0.429. The van der Waals surface area contributed by atoms with Crippen LogP contribution in [0.25, 0.3) is 0 Å². The third-order valence-electron chi connectivity index (χ3n) is 3.25. The lowest BCUT2D eigenvalue weighted by Crippen LogP contribution is -2.54. The van der Waals surface area contributed by atoms with E-state index in [1.54, 1.807) is 0 Å². The molecule has 0 bridgehead atoms. The van der Waals surface area contributed by atoms with Crippen molar-refractivity contribution < 1.29 is 9.59 Å². The Morgan fingerprint density at radius 3 is 2.79 bits per heavy atom. The van der Waals surface area contributed by atoms with Crippen molar-refractivity contribution in [1.82, 2.24) is 10.2 Å². The molecule has 5 heteroatoms. The van der Waals surface area contributed by atoms with E-state index in [-0.39, 0.29) is 18.4 Å². The highest BCUT2D eigenvalue weighted by molar-refractivity contribution is 5.88. The molecule has 0 spiro atoms. The van der Waals surface area contributed by atoms with Gasteiger partial charge in [0.05, 0.1) is 12.6 Å². The molecule has 5 nitrogen and oxygen atoms in total. The first kappa shape index (κ1) is 13.5. The summed E-state index contributed by atoms with van der Waals surface area (Å²) in [5.74, 6) is -0.249. The molecule has 0 unspecified atom stereocenters. The van der Waals surface area contributed by atoms with Crippen LogP contribution in [0.2, 0.25) is 0 Å². The molecule has 1 saturated heterocycles. The Morgan fingerprint density at radius 1 is 1.37 bits per heavy atom. The van der Waals surface area contributed by atoms with Crippen LogP contribution < -0.4 is 11.1 Å². The lowest BCUT2D eigenvalue weighted by Gasteiger charge is -2.28. The highest BCUT2D eigenvalue weighted by atomic mass is 16.2. The summed E-state index contributed by atoms with van der Waals surface area (Å²) < 4.78 is 0. The number of piperazine rings is 1. The van der Waals surface area contributed by atoms with Gasteiger partial charge in [-0.25, -0.2) is 0 Å². The standard InChI is InChI=1S/C14H19N3O2/c15-12(7-6-11-4-2-1-3-5-11)14(19)17-9-8-16-13(18)10-17/h1-5,12H,6-10,15H2,(H,16,18)/t12-/m0/s1. The number of aryl methyl sites for hydroxylation is 1. The molecule has 19 heavy (non-hydrogen) atoms. The summed E-state index contributed by atoms with van der Waals surface area (Å²) >= 11 is 0. The molecular formula is C14H19N3O2. The third kappa shape index (κ3) is 3.79. The second-order valence-electron chi connectivity index (χ2n) is 4.74. The third-order valence-corrected chi connectivity index (χ3v) is 3.25. The normalized spacial score (nSPS) is 16.9. The quantitative estimate of drug-likeness (QED) is 0.795. The molecule has 102 valence electrons. The first-order chi connectivity index (χ1) is 9.16. The molecule has 0 aromatic heterocycles. The minimum absolute atomic E-state index is 0.116. The molecule has 0 saturated carbocycles. The van der Waals surface area contributed by atoms with Gasteiger partial charge in [-0.3, -0.25) is 9.59 Å². The van der Waals surface area contributed by atoms with E-state index in [9.17, 15) is 9.59 Å². The largest absolute Gasteiger partial charge is 0.353 e. The lowest BCUT2D eigenvalue weighted by molar-refractivity contribution is -0.139. The summed E-state index contributed by atoms with van der Waals surface area (Å²) in [6, 6.07) is 9.40. The maximum atomic E-state index is 12.1. The van der Waals surface area contributed by atoms with Gasteiger partial charge in [-0.05, 0) is 18.4 Å². The van der Waals surface area contributed by atoms with E-state index in [0.717, 1.165) is 6.42 Å². The van der Waals surface area contributed by atoms with E-state index in [1.807, 2.05) is 30.3 Å². The number of nitrogens with two attached hydrogens (primary N) is 1. The van der Waals surface area contributed by atoms with Crippen LogP contribution in [0.15, 0.2) is 30.3 Å². The fourth-order valence-electron chi connectivity index (χ4n) is 2.15. The summed E-state index contributed by atoms with van der Waals surface area (Å²) in [6.07, 6.45) is 1.37. The summed E-state index contributed by atoms with van der Waals surface area (Å²) in [5.41, 5.74) is 7.09. The van der Waals surface area contributed by atoms with E-state index in [4.69, 9.17) is 5.73 Å². The smallest absolute Gasteiger partial charge is 0.240 e. The van der Waals surface area contributed by atoms with Crippen LogP contribution in [0, 0.1) is 0 Å². The molecule has 1 aromatic rings. The Bertz CT molecular complexity index is 447. The predicted octanol–water partition coefficient (Wildman–Crippen LogP) is -0.0951. The molecule has 2 rings (SSSR count). The predicted molar refractivity (Wildman–Crippen MR) is 72.3 cm³/mol. The monoisotopic (exact) mass is 261 g/mol. The number of benzene rings is 1. The summed E-state index contributed by atoms with van der Waals surface area (Å²) in [4.78, 5) is 24.9. The zero-order valence-electron chi connectivity index (χ0n) is 10.8. The Hall–Kier alpha value is -1.88. The van der Waals surface area contributed by atoms with Gasteiger partial charge < -0.3 is 16.0 Å². The van der Waals surface area contributed by atoms with Crippen LogP contribution in [-0.2, 0) is 16.0 Å². The molecule has 1 aliphatic rings. The Morgan fingerprint density at radius 2 is 2.11 bits per heavy atom. The number of carbonyl (C=O) groups is 2. The van der Waals surface area contributed by atoms with Gasteiger partial charge in [-0.15, -0.1) is 0 Å². The topological polar surface area (TPSA) is 75.4 Å². The molecular weight excluding hydrogens is 242 g/mol. The average Bonchev–Trinajstić information content (AvgIpc) is 2.45. The summed E-state index contributed by atoms with van der Waals surface area (Å²) in [6.45, 7) is 1.18. The number of hydrogen-bond donors (Lipinski definition) is 2. The van der Waals surface area contributed by atoms with Crippen molar-refractivity contribution in [2.75, 3.05) is 19.6 Å². The van der Waals surface area contributed by atoms with Crippen LogP contribution in [-0.4, -0.2) is 42.4 Å². The van der Waals surface area contributed by atoms with Crippen molar-refractivity contribution in [2.45, 2.75) is 18.9 Å². The Kier molecular flexibility index (Phi) is 4.52. The Balaban J connectivity index is 1.83. The van der Waals surface area contributed by atoms with Gasteiger partial charge in [0.25, 0.3) is 0 Å². The van der Waals surface area contributed by atoms with Gasteiger partial charge in [-0.2, -0.15) is 0 Å². The molecule has 2 amide bonds. The highest BCUT2D eigenvalue weighted by Gasteiger charge is 2.25. The van der Waals surface area contributed by atoms with Crippen molar-refractivity contribution >= 4 is 11.8 Å². The van der Waals surface area contributed by atoms with Crippen LogP contribution in [0.3, 0.4) is 0 Å². The number of amides is 2. The zero-order chi connectivity index (χ0) is 13.7. The van der Waals surface area contributed by atoms with Gasteiger partial charge in [0.1, 0.15) is 0 Å². The first-order valence-corrected chi connectivity index (χ1v) is 6.52. The first-order valence-electron chi connectivity index (χ1n) is 6.52. The fourth-order valence-corrected chi connectivity index (χ4v) is 2.15. The van der Waals surface area contributed by atoms with Gasteiger partial charge in [0, 0.05) is 13.1 Å². The maximum Gasteiger partial charge on any atom is 0.240 e. The van der Waals surface area contributed by atoms with E-state index < -0.39 is 6.04 Å². The van der Waals surface area contributed by atoms with Crippen molar-refractivity contribution in [3.8, 4) is 0 Å². The SMILES string of the molecule is N[C@@H](CCc1ccccc1)C(=O)N1CCNC(=O)C1. The average molecular weight is 261 g/mol. The number of hydrogen-bond acceptors (Lipinski definition) is 3. The van der Waals surface area contributed by atoms with Crippen LogP contribution in [0.5, 0.6) is 0 Å². The molecule has 3 N–H and O–H groups in total. The number of rotatable bonds is 4. The van der Waals surface area contributed by atoms with Gasteiger partial charge in [0.2, 0.25) is 11.8 Å². The number of nitrogens with zero attached hydrogens (tertiary/aromatic N) is 1. The van der Waals surface area contributed by atoms with Crippen LogP contribution in [0.4, 0.5) is 0 Å². The second-order valence-corrected chi connectivity index (χ2v) is 4.74. The molecule has 1 heterocycles. The van der Waals surface area contributed by atoms with E-state index in [1.165, 1.54) is 10.5 Å². The minimum atomic E-state index is -0.536. The number of nitrogens with one attached hydrogen (secondary N) is 1. The molecule has 0 radical (unpaired) electrons. The Labute approximate surface area is 112 Å². The molecule has 1 fully saturated rings.